The Balaban J connectivity index is 1.74. The van der Waals surface area contributed by atoms with Crippen LogP contribution in [0.3, 0.4) is 0 Å². The third kappa shape index (κ3) is 6.86. The first kappa shape index (κ1) is 26.3. The van der Waals surface area contributed by atoms with E-state index in [4.69, 9.17) is 4.74 Å². The second-order valence-corrected chi connectivity index (χ2v) is 8.28. The van der Waals surface area contributed by atoms with E-state index in [0.29, 0.717) is 17.0 Å². The normalized spacial score (nSPS) is 11.7. The zero-order valence-electron chi connectivity index (χ0n) is 20.3. The molecule has 3 rings (SSSR count). The number of carbonyl (C=O) groups is 3. The average Bonchev–Trinajstić information content (AvgIpc) is 2.86. The molecule has 0 unspecified atom stereocenters. The van der Waals surface area contributed by atoms with Gasteiger partial charge in [-0.25, -0.2) is 14.8 Å². The Morgan fingerprint density at radius 2 is 1.86 bits per heavy atom. The lowest BCUT2D eigenvalue weighted by atomic mass is 10.00. The van der Waals surface area contributed by atoms with Crippen LogP contribution in [0.4, 0.5) is 0 Å². The van der Waals surface area contributed by atoms with Gasteiger partial charge in [0.1, 0.15) is 17.8 Å². The predicted molar refractivity (Wildman–Crippen MR) is 131 cm³/mol. The van der Waals surface area contributed by atoms with Crippen molar-refractivity contribution < 1.29 is 29.3 Å². The van der Waals surface area contributed by atoms with Crippen LogP contribution in [0, 0.1) is 6.92 Å². The molecular weight excluding hydrogens is 464 g/mol. The van der Waals surface area contributed by atoms with Crippen molar-refractivity contribution >= 4 is 17.8 Å². The monoisotopic (exact) mass is 492 g/mol. The van der Waals surface area contributed by atoms with Crippen LogP contribution in [-0.2, 0) is 17.9 Å². The lowest BCUT2D eigenvalue weighted by Crippen LogP contribution is -2.32. The number of hydrogen-bond acceptors (Lipinski definition) is 7. The van der Waals surface area contributed by atoms with Crippen molar-refractivity contribution in [3.8, 4) is 5.75 Å². The second kappa shape index (κ2) is 11.9. The molecule has 1 aromatic heterocycles. The van der Waals surface area contributed by atoms with Crippen molar-refractivity contribution in [2.45, 2.75) is 33.0 Å². The molecular formula is C26H28N4O6. The molecule has 0 saturated carbocycles. The highest BCUT2D eigenvalue weighted by molar-refractivity contribution is 5.92. The molecule has 3 aromatic rings. The average molecular weight is 493 g/mol. The largest absolute Gasteiger partial charge is 0.497 e. The number of hydrogen-bond donors (Lipinski definition) is 3. The topological polar surface area (TPSA) is 142 Å². The van der Waals surface area contributed by atoms with Crippen molar-refractivity contribution in [3.05, 3.63) is 88.5 Å². The van der Waals surface area contributed by atoms with Crippen LogP contribution < -0.4 is 10.1 Å². The van der Waals surface area contributed by atoms with E-state index in [2.05, 4.69) is 15.3 Å². The van der Waals surface area contributed by atoms with E-state index in [-0.39, 0.29) is 42.8 Å². The number of nitrogens with one attached hydrogen (secondary N) is 1. The van der Waals surface area contributed by atoms with Crippen LogP contribution in [-0.4, -0.2) is 56.6 Å². The SMILES string of the molecule is COc1cccc(CNC(=O)c2cc(CN(CC(=O)O)[C@@H](C)c3ccc(C(=O)O)c(C)c3)ncn2)c1. The molecule has 0 aliphatic heterocycles. The Morgan fingerprint density at radius 3 is 2.53 bits per heavy atom. The number of ether oxygens (including phenoxy) is 1. The van der Waals surface area contributed by atoms with Gasteiger partial charge in [-0.15, -0.1) is 0 Å². The Hall–Kier alpha value is -4.31. The number of carboxylic acids is 2. The summed E-state index contributed by atoms with van der Waals surface area (Å²) >= 11 is 0. The molecule has 1 heterocycles. The minimum atomic E-state index is -1.02. The van der Waals surface area contributed by atoms with Gasteiger partial charge in [0.05, 0.1) is 24.9 Å². The van der Waals surface area contributed by atoms with Crippen molar-refractivity contribution in [1.82, 2.24) is 20.2 Å². The highest BCUT2D eigenvalue weighted by Crippen LogP contribution is 2.24. The number of aliphatic carboxylic acids is 1. The molecule has 0 spiro atoms. The molecule has 1 amide bonds. The highest BCUT2D eigenvalue weighted by atomic mass is 16.5. The molecule has 2 aromatic carbocycles. The van der Waals surface area contributed by atoms with Crippen LogP contribution in [0.1, 0.15) is 56.2 Å². The van der Waals surface area contributed by atoms with Gasteiger partial charge in [-0.1, -0.05) is 24.3 Å². The maximum absolute atomic E-state index is 12.7. The maximum atomic E-state index is 12.7. The first-order valence-corrected chi connectivity index (χ1v) is 11.2. The van der Waals surface area contributed by atoms with Crippen molar-refractivity contribution in [2.24, 2.45) is 0 Å². The number of methoxy groups -OCH3 is 1. The molecule has 10 heteroatoms. The van der Waals surface area contributed by atoms with Crippen LogP contribution in [0.5, 0.6) is 5.75 Å². The molecule has 0 aliphatic rings. The lowest BCUT2D eigenvalue weighted by Gasteiger charge is -2.28. The molecule has 1 atom stereocenters. The van der Waals surface area contributed by atoms with Crippen molar-refractivity contribution in [1.29, 1.82) is 0 Å². The van der Waals surface area contributed by atoms with E-state index >= 15 is 0 Å². The van der Waals surface area contributed by atoms with Crippen LogP contribution >= 0.6 is 0 Å². The smallest absolute Gasteiger partial charge is 0.335 e. The Labute approximate surface area is 208 Å². The Morgan fingerprint density at radius 1 is 1.08 bits per heavy atom. The van der Waals surface area contributed by atoms with Crippen LogP contribution in [0.25, 0.3) is 0 Å². The Bertz CT molecular complexity index is 1260. The van der Waals surface area contributed by atoms with Gasteiger partial charge < -0.3 is 20.3 Å². The van der Waals surface area contributed by atoms with E-state index in [1.54, 1.807) is 31.1 Å². The van der Waals surface area contributed by atoms with Gasteiger partial charge in [0, 0.05) is 19.1 Å². The first-order chi connectivity index (χ1) is 17.2. The van der Waals surface area contributed by atoms with Gasteiger partial charge in [0.25, 0.3) is 5.91 Å². The van der Waals surface area contributed by atoms with Gasteiger partial charge in [0.2, 0.25) is 0 Å². The molecule has 10 nitrogen and oxygen atoms in total. The molecule has 0 saturated heterocycles. The van der Waals surface area contributed by atoms with Gasteiger partial charge in [-0.3, -0.25) is 14.5 Å². The van der Waals surface area contributed by atoms with E-state index < -0.39 is 11.9 Å². The quantitative estimate of drug-likeness (QED) is 0.368. The van der Waals surface area contributed by atoms with E-state index in [9.17, 15) is 24.6 Å². The van der Waals surface area contributed by atoms with E-state index in [0.717, 1.165) is 11.1 Å². The Kier molecular flexibility index (Phi) is 8.69. The standard InChI is InChI=1S/C26H28N4O6/c1-16-9-19(7-8-22(16)26(34)35)17(2)30(14-24(31)32)13-20-11-23(29-15-28-20)25(33)27-12-18-5-4-6-21(10-18)36-3/h4-11,15,17H,12-14H2,1-3H3,(H,27,33)(H,31,32)(H,34,35)/t17-/m0/s1. The maximum Gasteiger partial charge on any atom is 0.335 e. The predicted octanol–water partition coefficient (Wildman–Crippen LogP) is 3.07. The number of carboxylic acid groups (broad SMARTS) is 2. The number of aromatic nitrogens is 2. The fourth-order valence-electron chi connectivity index (χ4n) is 3.77. The summed E-state index contributed by atoms with van der Waals surface area (Å²) in [6, 6.07) is 13.4. The number of aromatic carboxylic acids is 1. The van der Waals surface area contributed by atoms with E-state index in [1.807, 2.05) is 31.2 Å². The van der Waals surface area contributed by atoms with Gasteiger partial charge in [-0.2, -0.15) is 0 Å². The summed E-state index contributed by atoms with van der Waals surface area (Å²) in [7, 11) is 1.57. The van der Waals surface area contributed by atoms with Gasteiger partial charge in [-0.05, 0) is 54.8 Å². The number of benzene rings is 2. The third-order valence-corrected chi connectivity index (χ3v) is 5.76. The molecule has 188 valence electrons. The summed E-state index contributed by atoms with van der Waals surface area (Å²) in [5.41, 5.74) is 3.04. The van der Waals surface area contributed by atoms with Crippen LogP contribution in [0.2, 0.25) is 0 Å². The minimum Gasteiger partial charge on any atom is -0.497 e. The third-order valence-electron chi connectivity index (χ3n) is 5.76. The van der Waals surface area contributed by atoms with Crippen molar-refractivity contribution in [2.75, 3.05) is 13.7 Å². The summed E-state index contributed by atoms with van der Waals surface area (Å²) in [5.74, 6) is -1.75. The van der Waals surface area contributed by atoms with Gasteiger partial charge in [0.15, 0.2) is 0 Å². The van der Waals surface area contributed by atoms with E-state index in [1.165, 1.54) is 18.5 Å². The zero-order chi connectivity index (χ0) is 26.2. The van der Waals surface area contributed by atoms with Crippen molar-refractivity contribution in [3.63, 3.8) is 0 Å². The fourth-order valence-corrected chi connectivity index (χ4v) is 3.77. The zero-order valence-corrected chi connectivity index (χ0v) is 20.3. The molecule has 3 N–H and O–H groups in total. The number of amides is 1. The summed E-state index contributed by atoms with van der Waals surface area (Å²) in [6.07, 6.45) is 1.27. The summed E-state index contributed by atoms with van der Waals surface area (Å²) in [6.45, 7) is 3.68. The minimum absolute atomic E-state index is 0.145. The first-order valence-electron chi connectivity index (χ1n) is 11.2. The number of carbonyl (C=O) groups excluding carboxylic acids is 1. The summed E-state index contributed by atoms with van der Waals surface area (Å²) in [4.78, 5) is 45.5. The summed E-state index contributed by atoms with van der Waals surface area (Å²) < 4.78 is 5.19. The number of aryl methyl sites for hydroxylation is 1. The van der Waals surface area contributed by atoms with Gasteiger partial charge >= 0.3 is 11.9 Å². The number of nitrogens with zero attached hydrogens (tertiary/aromatic N) is 3. The molecule has 0 fully saturated rings. The number of rotatable bonds is 11. The van der Waals surface area contributed by atoms with Crippen LogP contribution in [0.15, 0.2) is 54.9 Å². The lowest BCUT2D eigenvalue weighted by molar-refractivity contribution is -0.139. The summed E-state index contributed by atoms with van der Waals surface area (Å²) in [5, 5.41) is 21.5. The fraction of sp³-hybridized carbons (Fsp3) is 0.269. The second-order valence-electron chi connectivity index (χ2n) is 8.28. The molecule has 0 bridgehead atoms. The molecule has 0 radical (unpaired) electrons. The highest BCUT2D eigenvalue weighted by Gasteiger charge is 2.21. The molecule has 0 aliphatic carbocycles. The molecule has 36 heavy (non-hydrogen) atoms.